The third-order valence-electron chi connectivity index (χ3n) is 2.32. The number of hydrogen-bond donors (Lipinski definition) is 0. The van der Waals surface area contributed by atoms with Gasteiger partial charge in [-0.05, 0) is 25.5 Å². The van der Waals surface area contributed by atoms with Gasteiger partial charge in [0.2, 0.25) is 0 Å². The maximum Gasteiger partial charge on any atom is 0.165 e. The topological polar surface area (TPSA) is 54.0 Å². The van der Waals surface area contributed by atoms with Crippen LogP contribution in [-0.4, -0.2) is 14.6 Å². The van der Waals surface area contributed by atoms with Crippen LogP contribution in [0.1, 0.15) is 30.4 Å². The predicted molar refractivity (Wildman–Crippen MR) is 56.4 cm³/mol. The molecule has 2 rings (SSSR count). The first kappa shape index (κ1) is 9.66. The smallest absolute Gasteiger partial charge is 0.165 e. The minimum atomic E-state index is 0.531. The zero-order valence-corrected chi connectivity index (χ0v) is 8.86. The first-order valence-electron chi connectivity index (χ1n) is 5.01. The number of nitrogens with zero attached hydrogens (tertiary/aromatic N) is 4. The third kappa shape index (κ3) is 1.57. The summed E-state index contributed by atoms with van der Waals surface area (Å²) in [5.74, 6) is 0. The average molecular weight is 200 g/mol. The van der Waals surface area contributed by atoms with E-state index < -0.39 is 0 Å². The van der Waals surface area contributed by atoms with Crippen molar-refractivity contribution >= 4 is 5.65 Å². The maximum atomic E-state index is 8.98. The van der Waals surface area contributed by atoms with Crippen LogP contribution in [0.5, 0.6) is 0 Å². The Bertz CT molecular complexity index is 533. The summed E-state index contributed by atoms with van der Waals surface area (Å²) in [4.78, 5) is 4.26. The van der Waals surface area contributed by atoms with E-state index in [0.717, 1.165) is 29.9 Å². The summed E-state index contributed by atoms with van der Waals surface area (Å²) in [5.41, 5.74) is 3.00. The van der Waals surface area contributed by atoms with Crippen LogP contribution >= 0.6 is 0 Å². The molecule has 15 heavy (non-hydrogen) atoms. The zero-order chi connectivity index (χ0) is 10.8. The molecule has 0 fully saturated rings. The molecule has 2 heterocycles. The number of imidazole rings is 1. The summed E-state index contributed by atoms with van der Waals surface area (Å²) in [6.07, 6.45) is 1.98. The summed E-state index contributed by atoms with van der Waals surface area (Å²) in [6, 6.07) is 6.00. The van der Waals surface area contributed by atoms with E-state index in [2.05, 4.69) is 23.1 Å². The first-order valence-corrected chi connectivity index (χ1v) is 5.01. The molecule has 4 heteroatoms. The molecular formula is C11H12N4. The molecule has 0 aliphatic rings. The Hall–Kier alpha value is -1.89. The quantitative estimate of drug-likeness (QED) is 0.743. The number of aryl methyl sites for hydroxylation is 2. The van der Waals surface area contributed by atoms with E-state index in [1.54, 1.807) is 4.52 Å². The molecule has 4 nitrogen and oxygen atoms in total. The van der Waals surface area contributed by atoms with Crippen molar-refractivity contribution in [1.29, 1.82) is 5.26 Å². The Morgan fingerprint density at radius 3 is 2.93 bits per heavy atom. The molecule has 2 aromatic rings. The van der Waals surface area contributed by atoms with Gasteiger partial charge in [0.1, 0.15) is 6.07 Å². The second-order valence-electron chi connectivity index (χ2n) is 3.50. The molecule has 0 unspecified atom stereocenters. The van der Waals surface area contributed by atoms with Crippen molar-refractivity contribution in [2.24, 2.45) is 0 Å². The van der Waals surface area contributed by atoms with Crippen molar-refractivity contribution in [3.05, 3.63) is 29.2 Å². The van der Waals surface area contributed by atoms with Gasteiger partial charge in [-0.1, -0.05) is 13.3 Å². The third-order valence-corrected chi connectivity index (χ3v) is 2.32. The van der Waals surface area contributed by atoms with Crippen LogP contribution < -0.4 is 0 Å². The van der Waals surface area contributed by atoms with Crippen molar-refractivity contribution < 1.29 is 0 Å². The number of rotatable bonds is 2. The van der Waals surface area contributed by atoms with Gasteiger partial charge < -0.3 is 0 Å². The SMILES string of the molecule is CCCc1ccc2nc(C)c(C#N)n2n1. The van der Waals surface area contributed by atoms with Crippen LogP contribution in [0.15, 0.2) is 12.1 Å². The van der Waals surface area contributed by atoms with Crippen LogP contribution in [0.3, 0.4) is 0 Å². The Labute approximate surface area is 88.2 Å². The number of nitriles is 1. The molecule has 0 N–H and O–H groups in total. The van der Waals surface area contributed by atoms with Crippen molar-refractivity contribution in [3.8, 4) is 6.07 Å². The highest BCUT2D eigenvalue weighted by Crippen LogP contribution is 2.10. The molecule has 0 aromatic carbocycles. The fraction of sp³-hybridized carbons (Fsp3) is 0.364. The number of fused-ring (bicyclic) bond motifs is 1. The van der Waals surface area contributed by atoms with Crippen molar-refractivity contribution in [3.63, 3.8) is 0 Å². The minimum Gasteiger partial charge on any atom is -0.231 e. The van der Waals surface area contributed by atoms with Crippen molar-refractivity contribution in [2.45, 2.75) is 26.7 Å². The van der Waals surface area contributed by atoms with E-state index in [9.17, 15) is 0 Å². The van der Waals surface area contributed by atoms with Crippen LogP contribution in [0.2, 0.25) is 0 Å². The van der Waals surface area contributed by atoms with Crippen molar-refractivity contribution in [2.75, 3.05) is 0 Å². The van der Waals surface area contributed by atoms with E-state index in [4.69, 9.17) is 5.26 Å². The molecule has 0 saturated heterocycles. The van der Waals surface area contributed by atoms with Crippen LogP contribution in [0, 0.1) is 18.3 Å². The number of hydrogen-bond acceptors (Lipinski definition) is 3. The van der Waals surface area contributed by atoms with Gasteiger partial charge in [-0.2, -0.15) is 10.4 Å². The first-order chi connectivity index (χ1) is 7.26. The molecule has 76 valence electrons. The minimum absolute atomic E-state index is 0.531. The lowest BCUT2D eigenvalue weighted by Crippen LogP contribution is -1.99. The van der Waals surface area contributed by atoms with E-state index in [-0.39, 0.29) is 0 Å². The zero-order valence-electron chi connectivity index (χ0n) is 8.86. The maximum absolute atomic E-state index is 8.98. The van der Waals surface area contributed by atoms with Crippen molar-refractivity contribution in [1.82, 2.24) is 14.6 Å². The molecule has 0 radical (unpaired) electrons. The lowest BCUT2D eigenvalue weighted by molar-refractivity contribution is 0.804. The Morgan fingerprint density at radius 1 is 1.47 bits per heavy atom. The van der Waals surface area contributed by atoms with Crippen LogP contribution in [-0.2, 0) is 6.42 Å². The molecule has 0 bridgehead atoms. The van der Waals surface area contributed by atoms with Gasteiger partial charge in [0.15, 0.2) is 11.3 Å². The van der Waals surface area contributed by atoms with E-state index in [1.165, 1.54) is 0 Å². The van der Waals surface area contributed by atoms with Gasteiger partial charge in [0.25, 0.3) is 0 Å². The fourth-order valence-corrected chi connectivity index (χ4v) is 1.60. The normalized spacial score (nSPS) is 10.5. The van der Waals surface area contributed by atoms with Gasteiger partial charge in [-0.3, -0.25) is 0 Å². The Balaban J connectivity index is 2.64. The highest BCUT2D eigenvalue weighted by atomic mass is 15.3. The van der Waals surface area contributed by atoms with Gasteiger partial charge in [-0.15, -0.1) is 0 Å². The van der Waals surface area contributed by atoms with Gasteiger partial charge in [0, 0.05) is 0 Å². The lowest BCUT2D eigenvalue weighted by atomic mass is 10.2. The van der Waals surface area contributed by atoms with Gasteiger partial charge in [0.05, 0.1) is 11.4 Å². The summed E-state index contributed by atoms with van der Waals surface area (Å²) in [6.45, 7) is 3.93. The van der Waals surface area contributed by atoms with E-state index in [1.807, 2.05) is 19.1 Å². The molecule has 2 aromatic heterocycles. The molecule has 0 amide bonds. The molecule has 0 saturated carbocycles. The highest BCUT2D eigenvalue weighted by molar-refractivity contribution is 5.45. The standard InChI is InChI=1S/C11H12N4/c1-3-4-9-5-6-11-13-8(2)10(7-12)15(11)14-9/h5-6H,3-4H2,1-2H3. The number of aromatic nitrogens is 3. The monoisotopic (exact) mass is 200 g/mol. The second kappa shape index (κ2) is 3.70. The van der Waals surface area contributed by atoms with E-state index >= 15 is 0 Å². The molecular weight excluding hydrogens is 188 g/mol. The predicted octanol–water partition coefficient (Wildman–Crippen LogP) is 1.86. The lowest BCUT2D eigenvalue weighted by Gasteiger charge is -1.98. The molecule has 0 atom stereocenters. The summed E-state index contributed by atoms with van der Waals surface area (Å²) in [7, 11) is 0. The Morgan fingerprint density at radius 2 is 2.27 bits per heavy atom. The largest absolute Gasteiger partial charge is 0.231 e. The molecule has 0 aliphatic heterocycles. The fourth-order valence-electron chi connectivity index (χ4n) is 1.60. The highest BCUT2D eigenvalue weighted by Gasteiger charge is 2.08. The van der Waals surface area contributed by atoms with Crippen LogP contribution in [0.25, 0.3) is 5.65 Å². The van der Waals surface area contributed by atoms with Gasteiger partial charge >= 0.3 is 0 Å². The van der Waals surface area contributed by atoms with Crippen LogP contribution in [0.4, 0.5) is 0 Å². The molecule has 0 spiro atoms. The summed E-state index contributed by atoms with van der Waals surface area (Å²) >= 11 is 0. The summed E-state index contributed by atoms with van der Waals surface area (Å²) < 4.78 is 1.63. The summed E-state index contributed by atoms with van der Waals surface area (Å²) in [5, 5.41) is 13.4. The average Bonchev–Trinajstić information content (AvgIpc) is 2.53. The Kier molecular flexibility index (Phi) is 2.38. The van der Waals surface area contributed by atoms with E-state index in [0.29, 0.717) is 5.69 Å². The molecule has 0 aliphatic carbocycles. The van der Waals surface area contributed by atoms with Gasteiger partial charge in [-0.25, -0.2) is 9.50 Å². The second-order valence-corrected chi connectivity index (χ2v) is 3.50.